The quantitative estimate of drug-likeness (QED) is 0.273. The largest absolute Gasteiger partial charge is 0.454 e. The number of guanidine groups is 1. The number of hydrogen-bond acceptors (Lipinski definition) is 4. The predicted octanol–water partition coefficient (Wildman–Crippen LogP) is 2.72. The van der Waals surface area contributed by atoms with Crippen LogP contribution >= 0.6 is 24.0 Å². The average molecular weight is 531 g/mol. The highest BCUT2D eigenvalue weighted by Gasteiger charge is 2.32. The monoisotopic (exact) mass is 531 g/mol. The van der Waals surface area contributed by atoms with Gasteiger partial charge in [0.1, 0.15) is 12.3 Å². The summed E-state index contributed by atoms with van der Waals surface area (Å²) in [5.41, 5.74) is 5.15. The second-order valence-electron chi connectivity index (χ2n) is 6.88. The molecule has 0 aromatic carbocycles. The summed E-state index contributed by atoms with van der Waals surface area (Å²) in [6, 6.07) is 3.17. The van der Waals surface area contributed by atoms with Crippen LogP contribution in [-0.4, -0.2) is 55.7 Å². The van der Waals surface area contributed by atoms with E-state index in [-0.39, 0.29) is 36.3 Å². The van der Waals surface area contributed by atoms with E-state index >= 15 is 0 Å². The van der Waals surface area contributed by atoms with Crippen LogP contribution in [0.2, 0.25) is 0 Å². The number of nitrogens with zero attached hydrogens (tertiary/aromatic N) is 2. The maximum absolute atomic E-state index is 12.4. The Bertz CT molecular complexity index is 658. The third kappa shape index (κ3) is 9.70. The topological polar surface area (TPSA) is 95.9 Å². The highest BCUT2D eigenvalue weighted by atomic mass is 127. The van der Waals surface area contributed by atoms with Crippen molar-refractivity contribution in [3.63, 3.8) is 0 Å². The summed E-state index contributed by atoms with van der Waals surface area (Å²) < 4.78 is 42.6. The Morgan fingerprint density at radius 1 is 1.31 bits per heavy atom. The molecule has 29 heavy (non-hydrogen) atoms. The van der Waals surface area contributed by atoms with Crippen LogP contribution in [0.15, 0.2) is 21.5 Å². The van der Waals surface area contributed by atoms with Gasteiger partial charge in [0, 0.05) is 13.1 Å². The number of primary amides is 1. The number of aliphatic imine (C=N–C) groups is 1. The normalized spacial score (nSPS) is 16.3. The van der Waals surface area contributed by atoms with Crippen LogP contribution < -0.4 is 16.4 Å². The number of piperidine rings is 1. The van der Waals surface area contributed by atoms with Crippen LogP contribution in [0.4, 0.5) is 13.2 Å². The van der Waals surface area contributed by atoms with Gasteiger partial charge in [0.15, 0.2) is 11.7 Å². The lowest BCUT2D eigenvalue weighted by atomic mass is 9.93. The molecule has 1 aliphatic rings. The Morgan fingerprint density at radius 2 is 2.00 bits per heavy atom. The summed E-state index contributed by atoms with van der Waals surface area (Å²) >= 11 is 0. The minimum Gasteiger partial charge on any atom is -0.454 e. The Hall–Kier alpha value is -1.50. The number of nitrogens with two attached hydrogens (primary N) is 1. The first-order valence-electron chi connectivity index (χ1n) is 9.46. The maximum Gasteiger partial charge on any atom is 0.401 e. The Balaban J connectivity index is 0.00000420. The average Bonchev–Trinajstić information content (AvgIpc) is 3.09. The van der Waals surface area contributed by atoms with Crippen LogP contribution in [0.5, 0.6) is 0 Å². The molecule has 1 aromatic heterocycles. The third-order valence-electron chi connectivity index (χ3n) is 4.60. The van der Waals surface area contributed by atoms with Crippen molar-refractivity contribution in [3.8, 4) is 0 Å². The smallest absolute Gasteiger partial charge is 0.401 e. The van der Waals surface area contributed by atoms with Crippen molar-refractivity contribution in [3.05, 3.63) is 23.7 Å². The highest BCUT2D eigenvalue weighted by Crippen LogP contribution is 2.23. The second kappa shape index (κ2) is 12.3. The van der Waals surface area contributed by atoms with Gasteiger partial charge in [-0.2, -0.15) is 13.2 Å². The molecule has 166 valence electrons. The first-order chi connectivity index (χ1) is 13.3. The van der Waals surface area contributed by atoms with Crippen LogP contribution in [0.25, 0.3) is 0 Å². The lowest BCUT2D eigenvalue weighted by Crippen LogP contribution is -2.41. The van der Waals surface area contributed by atoms with E-state index in [0.29, 0.717) is 43.8 Å². The first kappa shape index (κ1) is 25.5. The number of halogens is 4. The highest BCUT2D eigenvalue weighted by molar-refractivity contribution is 14.0. The molecule has 0 atom stereocenters. The fourth-order valence-electron chi connectivity index (χ4n) is 3.18. The summed E-state index contributed by atoms with van der Waals surface area (Å²) in [5.74, 6) is 1.03. The van der Waals surface area contributed by atoms with Gasteiger partial charge in [-0.1, -0.05) is 0 Å². The van der Waals surface area contributed by atoms with E-state index in [9.17, 15) is 18.0 Å². The molecule has 1 saturated heterocycles. The number of rotatable bonds is 8. The molecule has 2 rings (SSSR count). The molecule has 1 aliphatic heterocycles. The fraction of sp³-hybridized carbons (Fsp3) is 0.667. The van der Waals surface area contributed by atoms with Crippen molar-refractivity contribution in [1.82, 2.24) is 15.5 Å². The van der Waals surface area contributed by atoms with Crippen molar-refractivity contribution in [2.24, 2.45) is 16.6 Å². The van der Waals surface area contributed by atoms with Gasteiger partial charge >= 0.3 is 6.18 Å². The lowest BCUT2D eigenvalue weighted by molar-refractivity contribution is -0.148. The Kier molecular flexibility index (Phi) is 10.8. The zero-order valence-electron chi connectivity index (χ0n) is 16.4. The standard InChI is InChI=1S/C18H28F3N5O2.HI/c1-2-23-17(25-11-14-3-4-15(28-14)16(22)27)24-8-5-13-6-9-26(10-7-13)12-18(19,20)21;/h3-4,13H,2,5-12H2,1H3,(H2,22,27)(H2,23,24,25);1H. The summed E-state index contributed by atoms with van der Waals surface area (Å²) in [5, 5.41) is 6.35. The molecule has 4 N–H and O–H groups in total. The molecule has 0 saturated carbocycles. The number of nitrogens with one attached hydrogen (secondary N) is 2. The molecule has 0 bridgehead atoms. The van der Waals surface area contributed by atoms with Crippen LogP contribution in [-0.2, 0) is 6.54 Å². The van der Waals surface area contributed by atoms with Gasteiger partial charge in [-0.3, -0.25) is 9.69 Å². The molecule has 0 unspecified atom stereocenters. The number of likely N-dealkylation sites (tertiary alicyclic amines) is 1. The van der Waals surface area contributed by atoms with Crippen LogP contribution in [0.3, 0.4) is 0 Å². The van der Waals surface area contributed by atoms with E-state index in [0.717, 1.165) is 19.3 Å². The van der Waals surface area contributed by atoms with Gasteiger partial charge < -0.3 is 20.8 Å². The third-order valence-corrected chi connectivity index (χ3v) is 4.60. The molecule has 1 aromatic rings. The van der Waals surface area contributed by atoms with Crippen LogP contribution in [0, 0.1) is 5.92 Å². The molecular formula is C18H29F3IN5O2. The summed E-state index contributed by atoms with van der Waals surface area (Å²) in [7, 11) is 0. The van der Waals surface area contributed by atoms with Crippen molar-refractivity contribution < 1.29 is 22.4 Å². The van der Waals surface area contributed by atoms with E-state index < -0.39 is 18.6 Å². The van der Waals surface area contributed by atoms with Crippen molar-refractivity contribution in [1.29, 1.82) is 0 Å². The lowest BCUT2D eigenvalue weighted by Gasteiger charge is -2.32. The number of amides is 1. The number of carbonyl (C=O) groups excluding carboxylic acids is 1. The maximum atomic E-state index is 12.4. The molecule has 0 radical (unpaired) electrons. The molecule has 1 fully saturated rings. The minimum absolute atomic E-state index is 0. The SMILES string of the molecule is CCNC(=NCc1ccc(C(N)=O)o1)NCCC1CCN(CC(F)(F)F)CC1.I. The minimum atomic E-state index is -4.13. The van der Waals surface area contributed by atoms with Gasteiger partial charge in [0.25, 0.3) is 5.91 Å². The second-order valence-corrected chi connectivity index (χ2v) is 6.88. The van der Waals surface area contributed by atoms with Gasteiger partial charge in [-0.15, -0.1) is 24.0 Å². The Labute approximate surface area is 185 Å². The molecule has 7 nitrogen and oxygen atoms in total. The molecular weight excluding hydrogens is 502 g/mol. The van der Waals surface area contributed by atoms with Gasteiger partial charge in [-0.25, -0.2) is 4.99 Å². The molecule has 1 amide bonds. The molecule has 0 spiro atoms. The van der Waals surface area contributed by atoms with E-state index in [2.05, 4.69) is 15.6 Å². The number of alkyl halides is 3. The fourth-order valence-corrected chi connectivity index (χ4v) is 3.18. The Morgan fingerprint density at radius 3 is 2.55 bits per heavy atom. The van der Waals surface area contributed by atoms with Gasteiger partial charge in [-0.05, 0) is 57.3 Å². The summed E-state index contributed by atoms with van der Waals surface area (Å²) in [6.07, 6.45) is -1.71. The van der Waals surface area contributed by atoms with Crippen molar-refractivity contribution >= 4 is 35.8 Å². The molecule has 0 aliphatic carbocycles. The summed E-state index contributed by atoms with van der Waals surface area (Å²) in [4.78, 5) is 16.9. The van der Waals surface area contributed by atoms with Crippen molar-refractivity contribution in [2.75, 3.05) is 32.7 Å². The van der Waals surface area contributed by atoms with Crippen LogP contribution in [0.1, 0.15) is 42.5 Å². The van der Waals surface area contributed by atoms with E-state index in [4.69, 9.17) is 10.2 Å². The van der Waals surface area contributed by atoms with E-state index in [1.807, 2.05) is 6.92 Å². The van der Waals surface area contributed by atoms with Gasteiger partial charge in [0.2, 0.25) is 0 Å². The zero-order valence-corrected chi connectivity index (χ0v) is 18.8. The zero-order chi connectivity index (χ0) is 20.6. The van der Waals surface area contributed by atoms with Gasteiger partial charge in [0.05, 0.1) is 6.54 Å². The predicted molar refractivity (Wildman–Crippen MR) is 115 cm³/mol. The number of hydrogen-bond donors (Lipinski definition) is 3. The molecule has 11 heteroatoms. The van der Waals surface area contributed by atoms with E-state index in [1.165, 1.54) is 11.0 Å². The summed E-state index contributed by atoms with van der Waals surface area (Å²) in [6.45, 7) is 3.73. The molecule has 2 heterocycles. The first-order valence-corrected chi connectivity index (χ1v) is 9.46. The van der Waals surface area contributed by atoms with Crippen molar-refractivity contribution in [2.45, 2.75) is 38.9 Å². The van der Waals surface area contributed by atoms with E-state index in [1.54, 1.807) is 6.07 Å². The number of carbonyl (C=O) groups is 1. The number of furan rings is 1.